The van der Waals surface area contributed by atoms with E-state index in [4.69, 9.17) is 11.5 Å². The molecule has 2 unspecified atom stereocenters. The molecule has 6 atom stereocenters. The van der Waals surface area contributed by atoms with Crippen molar-refractivity contribution in [2.24, 2.45) is 28.3 Å². The first-order valence-electron chi connectivity index (χ1n) is 9.90. The number of amides is 2. The van der Waals surface area contributed by atoms with Crippen LogP contribution in [0.5, 0.6) is 0 Å². The van der Waals surface area contributed by atoms with E-state index in [-0.39, 0.29) is 48.7 Å². The number of guanidine groups is 2. The van der Waals surface area contributed by atoms with Crippen molar-refractivity contribution < 1.29 is 24.4 Å². The van der Waals surface area contributed by atoms with Crippen LogP contribution in [0.4, 0.5) is 0 Å². The minimum Gasteiger partial charge on any atom is -0.370 e. The van der Waals surface area contributed by atoms with E-state index in [1.54, 1.807) is 4.58 Å². The summed E-state index contributed by atoms with van der Waals surface area (Å²) >= 11 is 1.97. The molecule has 0 aromatic heterocycles. The first-order valence-corrected chi connectivity index (χ1v) is 11.1. The molecule has 5 aliphatic rings. The summed E-state index contributed by atoms with van der Waals surface area (Å²) in [6, 6.07) is -1.36. The molecule has 4 aliphatic heterocycles. The van der Waals surface area contributed by atoms with Crippen molar-refractivity contribution in [1.82, 2.24) is 15.5 Å². The van der Waals surface area contributed by atoms with Gasteiger partial charge < -0.3 is 21.3 Å². The van der Waals surface area contributed by atoms with Gasteiger partial charge in [0.15, 0.2) is 5.96 Å². The summed E-state index contributed by atoms with van der Waals surface area (Å²) in [5, 5.41) is 28.0. The Balaban J connectivity index is 1.50. The van der Waals surface area contributed by atoms with Gasteiger partial charge in [-0.25, -0.2) is 9.57 Å². The first kappa shape index (κ1) is 19.3. The fourth-order valence-corrected chi connectivity index (χ4v) is 6.59. The number of rotatable bonds is 2. The second kappa shape index (κ2) is 6.17. The van der Waals surface area contributed by atoms with Crippen LogP contribution in [0.25, 0.3) is 0 Å². The lowest BCUT2D eigenvalue weighted by Crippen LogP contribution is -2.78. The van der Waals surface area contributed by atoms with E-state index >= 15 is 0 Å². The molecule has 1 saturated carbocycles. The van der Waals surface area contributed by atoms with Gasteiger partial charge in [0.05, 0.1) is 24.9 Å². The molecule has 11 nitrogen and oxygen atoms in total. The van der Waals surface area contributed by atoms with E-state index in [0.717, 1.165) is 25.7 Å². The van der Waals surface area contributed by atoms with Gasteiger partial charge in [0.1, 0.15) is 16.0 Å². The Kier molecular flexibility index (Phi) is 4.11. The number of alkyl halides is 1. The number of nitrogens with one attached hydrogen (secondary N) is 2. The van der Waals surface area contributed by atoms with E-state index in [1.807, 2.05) is 22.6 Å². The number of fused-ring (bicyclic) bond motifs is 1. The Morgan fingerprint density at radius 1 is 1.21 bits per heavy atom. The number of halogens is 1. The topological polar surface area (TPSA) is 169 Å². The lowest BCUT2D eigenvalue weighted by atomic mass is 9.81. The fraction of sp³-hybridized carbons (Fsp3) is 0.765. The zero-order chi connectivity index (χ0) is 20.7. The van der Waals surface area contributed by atoms with Crippen molar-refractivity contribution in [3.8, 4) is 0 Å². The largest absolute Gasteiger partial charge is 0.370 e. The van der Waals surface area contributed by atoms with Crippen LogP contribution in [0.2, 0.25) is 0 Å². The smallest absolute Gasteiger partial charge is 0.346 e. The minimum atomic E-state index is -2.18. The fourth-order valence-electron chi connectivity index (χ4n) is 5.72. The van der Waals surface area contributed by atoms with Crippen LogP contribution in [0.15, 0.2) is 4.99 Å². The molecule has 3 fully saturated rings. The highest BCUT2D eigenvalue weighted by molar-refractivity contribution is 14.1. The third-order valence-electron chi connectivity index (χ3n) is 7.11. The first-order chi connectivity index (χ1) is 13.7. The molecule has 1 spiro atoms. The predicted molar refractivity (Wildman–Crippen MR) is 110 cm³/mol. The van der Waals surface area contributed by atoms with E-state index in [9.17, 15) is 19.8 Å². The third kappa shape index (κ3) is 2.36. The van der Waals surface area contributed by atoms with E-state index in [2.05, 4.69) is 15.6 Å². The van der Waals surface area contributed by atoms with Crippen molar-refractivity contribution in [1.29, 1.82) is 0 Å². The maximum atomic E-state index is 12.9. The average molecular weight is 518 g/mol. The molecule has 158 valence electrons. The summed E-state index contributed by atoms with van der Waals surface area (Å²) in [6.45, 7) is 0.323. The molecule has 4 heterocycles. The van der Waals surface area contributed by atoms with Crippen LogP contribution in [-0.4, -0.2) is 84.0 Å². The monoisotopic (exact) mass is 518 g/mol. The summed E-state index contributed by atoms with van der Waals surface area (Å²) in [6.07, 6.45) is 3.38. The number of imide groups is 1. The second-order valence-electron chi connectivity index (χ2n) is 8.58. The van der Waals surface area contributed by atoms with Crippen LogP contribution in [-0.2, 0) is 9.59 Å². The summed E-state index contributed by atoms with van der Waals surface area (Å²) in [7, 11) is 0. The highest BCUT2D eigenvalue weighted by Gasteiger charge is 2.74. The molecule has 1 aliphatic carbocycles. The highest BCUT2D eigenvalue weighted by Crippen LogP contribution is 2.44. The van der Waals surface area contributed by atoms with E-state index in [1.165, 1.54) is 4.90 Å². The van der Waals surface area contributed by atoms with Gasteiger partial charge in [-0.3, -0.25) is 25.5 Å². The van der Waals surface area contributed by atoms with Crippen molar-refractivity contribution in [2.45, 2.75) is 53.1 Å². The Morgan fingerprint density at radius 2 is 1.83 bits per heavy atom. The van der Waals surface area contributed by atoms with Crippen LogP contribution < -0.4 is 22.1 Å². The molecule has 0 radical (unpaired) electrons. The van der Waals surface area contributed by atoms with Gasteiger partial charge >= 0.3 is 5.96 Å². The highest BCUT2D eigenvalue weighted by atomic mass is 127. The number of hydrogen-bond acceptors (Lipinski definition) is 9. The summed E-state index contributed by atoms with van der Waals surface area (Å²) in [4.78, 5) is 31.5. The van der Waals surface area contributed by atoms with Crippen molar-refractivity contribution in [3.05, 3.63) is 0 Å². The number of aliphatic imine (C=N–C) groups is 1. The molecule has 8 N–H and O–H groups in total. The van der Waals surface area contributed by atoms with Crippen molar-refractivity contribution in [2.75, 3.05) is 13.1 Å². The molecular formula is C17H25IN7O4+. The lowest BCUT2D eigenvalue weighted by Gasteiger charge is -2.43. The zero-order valence-electron chi connectivity index (χ0n) is 15.7. The molecule has 5 rings (SSSR count). The third-order valence-corrected chi connectivity index (χ3v) is 8.37. The second-order valence-corrected chi connectivity index (χ2v) is 10.1. The number of aliphatic hydroxyl groups is 2. The van der Waals surface area contributed by atoms with E-state index in [0.29, 0.717) is 0 Å². The maximum Gasteiger partial charge on any atom is 0.346 e. The molecule has 29 heavy (non-hydrogen) atoms. The van der Waals surface area contributed by atoms with Crippen LogP contribution >= 0.6 is 22.6 Å². The van der Waals surface area contributed by atoms with Crippen LogP contribution in [0.3, 0.4) is 0 Å². The van der Waals surface area contributed by atoms with Gasteiger partial charge in [0, 0.05) is 0 Å². The van der Waals surface area contributed by atoms with Gasteiger partial charge in [-0.15, -0.1) is 0 Å². The number of hydrogen-bond donors (Lipinski definition) is 6. The molecular weight excluding hydrogens is 493 g/mol. The van der Waals surface area contributed by atoms with Crippen LogP contribution in [0.1, 0.15) is 25.7 Å². The number of nitrogens with zero attached hydrogens (tertiary/aromatic N) is 3. The molecule has 0 aromatic carbocycles. The normalized spacial score (nSPS) is 42.8. The number of carbonyl (C=O) groups excluding carboxylic acids is 2. The summed E-state index contributed by atoms with van der Waals surface area (Å²) in [5.41, 5.74) is 10.7. The summed E-state index contributed by atoms with van der Waals surface area (Å²) < 4.78 is 1.07. The van der Waals surface area contributed by atoms with Gasteiger partial charge in [0.2, 0.25) is 23.3 Å². The number of likely N-dealkylation sites (tertiary alicyclic amines) is 1. The van der Waals surface area contributed by atoms with Gasteiger partial charge in [-0.2, -0.15) is 0 Å². The molecule has 0 bridgehead atoms. The summed E-state index contributed by atoms with van der Waals surface area (Å²) in [5.74, 6) is -2.70. The molecule has 0 aromatic rings. The number of carbonyl (C=O) groups is 2. The number of nitrogens with two attached hydrogens (primary N) is 2. The maximum absolute atomic E-state index is 12.9. The average Bonchev–Trinajstić information content (AvgIpc) is 3.23. The standard InChI is InChI=1S/C17H24IN7O4/c18-10-6-25-15(20)21-9(11-16(25,17(10,28)29)23-14(19)22-11)5-24-12(26)7-3-1-2-4-8(7)13(24)27/h7-11,28-29H,1-6H2,(H5,19,20,21,22,23)/p+1/t7?,8?,9-,10-,11-,16-/m0/s1. The SMILES string of the molecule is NC1=N[C@H]2[C@H](CN3C(=O)C4CCCCC4C3=O)NC(N)=[N+]3C[C@H](I)C(O)(O)[C@]23N1. The van der Waals surface area contributed by atoms with Gasteiger partial charge in [-0.05, 0) is 12.8 Å². The molecule has 2 amide bonds. The van der Waals surface area contributed by atoms with Gasteiger partial charge in [-0.1, -0.05) is 35.4 Å². The molecule has 2 saturated heterocycles. The predicted octanol–water partition coefficient (Wildman–Crippen LogP) is -3.06. The Morgan fingerprint density at radius 3 is 2.45 bits per heavy atom. The molecule has 12 heteroatoms. The van der Waals surface area contributed by atoms with Crippen molar-refractivity contribution >= 4 is 46.3 Å². The minimum absolute atomic E-state index is 0.0477. The Bertz CT molecular complexity index is 837. The van der Waals surface area contributed by atoms with Crippen molar-refractivity contribution in [3.63, 3.8) is 0 Å². The zero-order valence-corrected chi connectivity index (χ0v) is 17.9. The Hall–Kier alpha value is -1.67. The van der Waals surface area contributed by atoms with E-state index < -0.39 is 27.5 Å². The Labute approximate surface area is 180 Å². The van der Waals surface area contributed by atoms with Crippen LogP contribution in [0, 0.1) is 11.8 Å². The lowest BCUT2D eigenvalue weighted by molar-refractivity contribution is -0.623. The quantitative estimate of drug-likeness (QED) is 0.0737. The van der Waals surface area contributed by atoms with Gasteiger partial charge in [0.25, 0.3) is 0 Å².